The Bertz CT molecular complexity index is 1400. The molecule has 2 atom stereocenters. The fourth-order valence-corrected chi connectivity index (χ4v) is 6.93. The molecule has 3 heterocycles. The molecule has 8 heteroatoms. The van der Waals surface area contributed by atoms with Crippen molar-refractivity contribution in [3.8, 4) is 0 Å². The number of sulfone groups is 1. The predicted octanol–water partition coefficient (Wildman–Crippen LogP) is 4.97. The molecule has 1 N–H and O–H groups in total. The van der Waals surface area contributed by atoms with Crippen molar-refractivity contribution in [1.29, 1.82) is 0 Å². The molecule has 0 amide bonds. The second-order valence-corrected chi connectivity index (χ2v) is 12.3. The van der Waals surface area contributed by atoms with Gasteiger partial charge in [0.05, 0.1) is 15.4 Å². The summed E-state index contributed by atoms with van der Waals surface area (Å²) in [5, 5.41) is 4.61. The molecule has 3 aromatic rings. The first kappa shape index (κ1) is 22.4. The molecule has 6 nitrogen and oxygen atoms in total. The van der Waals surface area contributed by atoms with Crippen LogP contribution in [0.1, 0.15) is 61.3 Å². The number of aromatic nitrogens is 1. The summed E-state index contributed by atoms with van der Waals surface area (Å²) in [4.78, 5) is 13.6. The lowest BCUT2D eigenvalue weighted by Gasteiger charge is -2.24. The molecule has 5 rings (SSSR count). The van der Waals surface area contributed by atoms with E-state index in [0.717, 1.165) is 36.0 Å². The van der Waals surface area contributed by atoms with E-state index in [-0.39, 0.29) is 21.4 Å². The van der Waals surface area contributed by atoms with Crippen molar-refractivity contribution in [1.82, 2.24) is 9.88 Å². The number of aryl methyl sites for hydroxylation is 1. The van der Waals surface area contributed by atoms with Crippen LogP contribution in [0.4, 0.5) is 0 Å². The van der Waals surface area contributed by atoms with Crippen LogP contribution in [0.15, 0.2) is 46.2 Å². The van der Waals surface area contributed by atoms with Crippen LogP contribution in [-0.2, 0) is 28.0 Å². The SMILES string of the molecule is Cn1c2c(c3c(C(=O)OC(C)(C)C)c(S(=O)(=O)c4cccc(Cl)c4)ccc31)C1CCC(C2)N1. The van der Waals surface area contributed by atoms with E-state index in [0.29, 0.717) is 16.5 Å². The highest BCUT2D eigenvalue weighted by Crippen LogP contribution is 2.44. The summed E-state index contributed by atoms with van der Waals surface area (Å²) >= 11 is 6.10. The minimum absolute atomic E-state index is 0.0445. The lowest BCUT2D eigenvalue weighted by molar-refractivity contribution is 0.00675. The maximum Gasteiger partial charge on any atom is 0.340 e. The van der Waals surface area contributed by atoms with Crippen LogP contribution >= 0.6 is 11.6 Å². The average molecular weight is 487 g/mol. The minimum atomic E-state index is -4.03. The Kier molecular flexibility index (Phi) is 5.16. The van der Waals surface area contributed by atoms with E-state index in [9.17, 15) is 13.2 Å². The largest absolute Gasteiger partial charge is 0.456 e. The van der Waals surface area contributed by atoms with Crippen molar-refractivity contribution in [2.45, 2.75) is 67.5 Å². The van der Waals surface area contributed by atoms with Gasteiger partial charge in [0.25, 0.3) is 0 Å². The van der Waals surface area contributed by atoms with Crippen molar-refractivity contribution in [2.24, 2.45) is 7.05 Å². The molecule has 2 bridgehead atoms. The molecule has 1 fully saturated rings. The maximum absolute atomic E-state index is 13.8. The fourth-order valence-electron chi connectivity index (χ4n) is 5.18. The number of nitrogens with zero attached hydrogens (tertiary/aromatic N) is 1. The molecule has 2 aliphatic rings. The zero-order valence-corrected chi connectivity index (χ0v) is 20.7. The summed E-state index contributed by atoms with van der Waals surface area (Å²) in [7, 11) is -2.05. The van der Waals surface area contributed by atoms with Gasteiger partial charge in [-0.05, 0) is 69.5 Å². The van der Waals surface area contributed by atoms with Gasteiger partial charge in [-0.1, -0.05) is 17.7 Å². The number of carbonyl (C=O) groups excluding carboxylic acids is 1. The van der Waals surface area contributed by atoms with E-state index >= 15 is 0 Å². The highest BCUT2D eigenvalue weighted by molar-refractivity contribution is 7.91. The molecule has 0 spiro atoms. The highest BCUT2D eigenvalue weighted by atomic mass is 35.5. The Labute approximate surface area is 198 Å². The molecule has 2 aromatic carbocycles. The average Bonchev–Trinajstić information content (AvgIpc) is 3.25. The van der Waals surface area contributed by atoms with Gasteiger partial charge in [-0.15, -0.1) is 0 Å². The Morgan fingerprint density at radius 2 is 1.94 bits per heavy atom. The van der Waals surface area contributed by atoms with E-state index < -0.39 is 21.4 Å². The molecule has 1 saturated heterocycles. The molecule has 174 valence electrons. The number of nitrogens with one attached hydrogen (secondary N) is 1. The van der Waals surface area contributed by atoms with E-state index in [1.807, 2.05) is 7.05 Å². The zero-order valence-electron chi connectivity index (χ0n) is 19.1. The maximum atomic E-state index is 13.8. The van der Waals surface area contributed by atoms with Gasteiger partial charge < -0.3 is 14.6 Å². The number of esters is 1. The van der Waals surface area contributed by atoms with Gasteiger partial charge in [-0.2, -0.15) is 0 Å². The third-order valence-electron chi connectivity index (χ3n) is 6.52. The van der Waals surface area contributed by atoms with Crippen LogP contribution in [-0.4, -0.2) is 30.6 Å². The van der Waals surface area contributed by atoms with Crippen molar-refractivity contribution < 1.29 is 17.9 Å². The number of hydrogen-bond donors (Lipinski definition) is 1. The third kappa shape index (κ3) is 3.66. The zero-order chi connectivity index (χ0) is 23.7. The molecule has 1 aromatic heterocycles. The summed E-state index contributed by atoms with van der Waals surface area (Å²) in [6.45, 7) is 5.33. The molecular formula is C25H27ClN2O4S. The van der Waals surface area contributed by atoms with Gasteiger partial charge >= 0.3 is 5.97 Å². The van der Waals surface area contributed by atoms with Gasteiger partial charge in [-0.25, -0.2) is 13.2 Å². The Hall–Kier alpha value is -2.35. The van der Waals surface area contributed by atoms with Crippen molar-refractivity contribution in [3.05, 3.63) is 58.2 Å². The lowest BCUT2D eigenvalue weighted by atomic mass is 9.96. The number of fused-ring (bicyclic) bond motifs is 6. The second-order valence-electron chi connectivity index (χ2n) is 9.91. The molecule has 0 radical (unpaired) electrons. The monoisotopic (exact) mass is 486 g/mol. The molecule has 33 heavy (non-hydrogen) atoms. The Morgan fingerprint density at radius 3 is 2.64 bits per heavy atom. The quantitative estimate of drug-likeness (QED) is 0.529. The number of benzene rings is 2. The standard InChI is InChI=1S/C25H27ClN2O4S/c1-25(2,3)32-24(29)23-20(33(30,31)16-7-5-6-14(26)12-16)11-10-18-22(23)21-17-9-8-15(27-17)13-19(21)28(18)4/h5-7,10-12,15,17,27H,8-9,13H2,1-4H3. The van der Waals surface area contributed by atoms with Crippen molar-refractivity contribution in [2.75, 3.05) is 0 Å². The van der Waals surface area contributed by atoms with Crippen molar-refractivity contribution >= 4 is 38.3 Å². The first-order chi connectivity index (χ1) is 15.5. The first-order valence-electron chi connectivity index (χ1n) is 11.1. The number of rotatable bonds is 3. The number of halogens is 1. The van der Waals surface area contributed by atoms with Crippen LogP contribution in [0.3, 0.4) is 0 Å². The predicted molar refractivity (Wildman–Crippen MR) is 128 cm³/mol. The minimum Gasteiger partial charge on any atom is -0.456 e. The molecule has 0 saturated carbocycles. The summed E-state index contributed by atoms with van der Waals surface area (Å²) < 4.78 is 35.4. The van der Waals surface area contributed by atoms with Crippen LogP contribution in [0.25, 0.3) is 10.9 Å². The summed E-state index contributed by atoms with van der Waals surface area (Å²) in [5.41, 5.74) is 2.33. The molecule has 0 aliphatic carbocycles. The van der Waals surface area contributed by atoms with E-state index in [1.54, 1.807) is 39.0 Å². The van der Waals surface area contributed by atoms with E-state index in [2.05, 4.69) is 9.88 Å². The third-order valence-corrected chi connectivity index (χ3v) is 8.55. The lowest BCUT2D eigenvalue weighted by Crippen LogP contribution is -2.32. The normalized spacial score (nSPS) is 20.2. The van der Waals surface area contributed by atoms with Gasteiger partial charge in [-0.3, -0.25) is 0 Å². The smallest absolute Gasteiger partial charge is 0.340 e. The van der Waals surface area contributed by atoms with Gasteiger partial charge in [0.2, 0.25) is 9.84 Å². The number of carbonyl (C=O) groups is 1. The Morgan fingerprint density at radius 1 is 1.18 bits per heavy atom. The molecule has 2 aliphatic heterocycles. The summed E-state index contributed by atoms with van der Waals surface area (Å²) in [6.07, 6.45) is 2.86. The number of ether oxygens (including phenoxy) is 1. The van der Waals surface area contributed by atoms with Crippen LogP contribution < -0.4 is 5.32 Å². The van der Waals surface area contributed by atoms with E-state index in [4.69, 9.17) is 16.3 Å². The summed E-state index contributed by atoms with van der Waals surface area (Å²) in [5.74, 6) is -0.637. The van der Waals surface area contributed by atoms with Gasteiger partial charge in [0, 0.05) is 47.2 Å². The molecular weight excluding hydrogens is 460 g/mol. The fraction of sp³-hybridized carbons (Fsp3) is 0.400. The van der Waals surface area contributed by atoms with Gasteiger partial charge in [0.1, 0.15) is 5.60 Å². The molecule has 2 unspecified atom stereocenters. The second kappa shape index (κ2) is 7.58. The van der Waals surface area contributed by atoms with Crippen LogP contribution in [0.2, 0.25) is 5.02 Å². The van der Waals surface area contributed by atoms with Crippen molar-refractivity contribution in [3.63, 3.8) is 0 Å². The van der Waals surface area contributed by atoms with E-state index in [1.165, 1.54) is 18.2 Å². The van der Waals surface area contributed by atoms with Gasteiger partial charge in [0.15, 0.2) is 0 Å². The topological polar surface area (TPSA) is 77.4 Å². The Balaban J connectivity index is 1.84. The highest BCUT2D eigenvalue weighted by Gasteiger charge is 2.39. The van der Waals surface area contributed by atoms with Crippen LogP contribution in [0, 0.1) is 0 Å². The summed E-state index contributed by atoms with van der Waals surface area (Å²) in [6, 6.07) is 9.93. The first-order valence-corrected chi connectivity index (χ1v) is 13.0. The number of hydrogen-bond acceptors (Lipinski definition) is 5. The van der Waals surface area contributed by atoms with Crippen LogP contribution in [0.5, 0.6) is 0 Å².